The third-order valence-electron chi connectivity index (χ3n) is 4.66. The molecule has 1 aromatic carbocycles. The molecule has 1 aliphatic heterocycles. The van der Waals surface area contributed by atoms with E-state index in [0.717, 1.165) is 11.4 Å². The van der Waals surface area contributed by atoms with Gasteiger partial charge in [0.1, 0.15) is 17.4 Å². The molecular weight excluding hydrogens is 390 g/mol. The second-order valence-corrected chi connectivity index (χ2v) is 8.68. The van der Waals surface area contributed by atoms with Gasteiger partial charge in [0.05, 0.1) is 29.4 Å². The van der Waals surface area contributed by atoms with Gasteiger partial charge in [-0.2, -0.15) is 4.31 Å². The molecule has 1 saturated heterocycles. The summed E-state index contributed by atoms with van der Waals surface area (Å²) < 4.78 is 32.0. The molecule has 8 nitrogen and oxygen atoms in total. The summed E-state index contributed by atoms with van der Waals surface area (Å²) in [4.78, 5) is 13.4. The van der Waals surface area contributed by atoms with E-state index >= 15 is 0 Å². The Balaban J connectivity index is 1.43. The molecule has 0 bridgehead atoms. The monoisotopic (exact) mass is 411 g/mol. The molecule has 1 fully saturated rings. The highest BCUT2D eigenvalue weighted by atomic mass is 32.2. The van der Waals surface area contributed by atoms with Crippen LogP contribution in [0.25, 0.3) is 11.4 Å². The van der Waals surface area contributed by atoms with Gasteiger partial charge in [0.25, 0.3) is 0 Å². The van der Waals surface area contributed by atoms with Crippen LogP contribution in [0.4, 0.5) is 5.82 Å². The second-order valence-electron chi connectivity index (χ2n) is 6.74. The number of anilines is 1. The Morgan fingerprint density at radius 2 is 1.83 bits per heavy atom. The summed E-state index contributed by atoms with van der Waals surface area (Å²) in [6, 6.07) is 13.9. The number of rotatable bonds is 6. The molecule has 0 radical (unpaired) electrons. The molecule has 2 aromatic heterocycles. The molecule has 0 spiro atoms. The highest BCUT2D eigenvalue weighted by Gasteiger charge is 2.37. The number of aryl methyl sites for hydroxylation is 1. The number of nitrogens with zero attached hydrogens (tertiary/aromatic N) is 4. The number of hydrogen-bond donors (Lipinski definition) is 1. The van der Waals surface area contributed by atoms with E-state index in [1.807, 2.05) is 31.2 Å². The van der Waals surface area contributed by atoms with Crippen molar-refractivity contribution in [3.8, 4) is 17.1 Å². The molecule has 150 valence electrons. The van der Waals surface area contributed by atoms with Crippen molar-refractivity contribution in [2.45, 2.75) is 17.9 Å². The number of hydrogen-bond acceptors (Lipinski definition) is 7. The van der Waals surface area contributed by atoms with Gasteiger partial charge < -0.3 is 10.1 Å². The lowest BCUT2D eigenvalue weighted by Gasteiger charge is -2.38. The zero-order chi connectivity index (χ0) is 20.4. The van der Waals surface area contributed by atoms with Gasteiger partial charge >= 0.3 is 0 Å². The highest BCUT2D eigenvalue weighted by Crippen LogP contribution is 2.25. The average molecular weight is 411 g/mol. The first kappa shape index (κ1) is 19.3. The number of methoxy groups -OCH3 is 1. The van der Waals surface area contributed by atoms with Crippen molar-refractivity contribution >= 4 is 15.8 Å². The summed E-state index contributed by atoms with van der Waals surface area (Å²) in [5, 5.41) is 3.30. The fourth-order valence-electron chi connectivity index (χ4n) is 3.12. The zero-order valence-corrected chi connectivity index (χ0v) is 16.9. The Morgan fingerprint density at radius 3 is 2.48 bits per heavy atom. The molecule has 0 saturated carbocycles. The minimum atomic E-state index is -3.52. The van der Waals surface area contributed by atoms with Gasteiger partial charge in [0.15, 0.2) is 0 Å². The maximum absolute atomic E-state index is 12.7. The van der Waals surface area contributed by atoms with E-state index in [1.165, 1.54) is 4.31 Å². The molecule has 3 aromatic rings. The highest BCUT2D eigenvalue weighted by molar-refractivity contribution is 7.89. The molecule has 4 rings (SSSR count). The first-order valence-electron chi connectivity index (χ1n) is 9.13. The van der Waals surface area contributed by atoms with Gasteiger partial charge in [-0.05, 0) is 43.3 Å². The Kier molecular flexibility index (Phi) is 5.16. The van der Waals surface area contributed by atoms with E-state index in [0.29, 0.717) is 30.5 Å². The van der Waals surface area contributed by atoms with Crippen LogP contribution in [0.3, 0.4) is 0 Å². The maximum Gasteiger partial charge on any atom is 0.243 e. The Bertz CT molecular complexity index is 1100. The third-order valence-corrected chi connectivity index (χ3v) is 6.51. The Labute approximate surface area is 169 Å². The molecule has 1 N–H and O–H groups in total. The van der Waals surface area contributed by atoms with Crippen molar-refractivity contribution in [2.75, 3.05) is 25.5 Å². The van der Waals surface area contributed by atoms with Gasteiger partial charge in [-0.25, -0.2) is 18.4 Å². The molecule has 0 amide bonds. The van der Waals surface area contributed by atoms with Crippen LogP contribution < -0.4 is 10.1 Å². The van der Waals surface area contributed by atoms with Crippen molar-refractivity contribution in [1.82, 2.24) is 19.3 Å². The summed E-state index contributed by atoms with van der Waals surface area (Å²) in [5.41, 5.74) is 1.49. The third kappa shape index (κ3) is 4.06. The number of pyridine rings is 1. The maximum atomic E-state index is 12.7. The fourth-order valence-corrected chi connectivity index (χ4v) is 4.65. The van der Waals surface area contributed by atoms with Crippen LogP contribution >= 0.6 is 0 Å². The smallest absolute Gasteiger partial charge is 0.243 e. The predicted molar refractivity (Wildman–Crippen MR) is 109 cm³/mol. The largest absolute Gasteiger partial charge is 0.497 e. The van der Waals surface area contributed by atoms with Gasteiger partial charge in [-0.15, -0.1) is 0 Å². The van der Waals surface area contributed by atoms with Crippen molar-refractivity contribution in [3.63, 3.8) is 0 Å². The van der Waals surface area contributed by atoms with E-state index < -0.39 is 10.0 Å². The van der Waals surface area contributed by atoms with Gasteiger partial charge in [0.2, 0.25) is 10.0 Å². The van der Waals surface area contributed by atoms with Gasteiger partial charge in [0, 0.05) is 25.4 Å². The van der Waals surface area contributed by atoms with Crippen molar-refractivity contribution in [1.29, 1.82) is 0 Å². The average Bonchev–Trinajstić information content (AvgIpc) is 2.70. The van der Waals surface area contributed by atoms with Gasteiger partial charge in [-0.1, -0.05) is 6.07 Å². The minimum absolute atomic E-state index is 0.0195. The van der Waals surface area contributed by atoms with Crippen LogP contribution in [-0.4, -0.2) is 53.9 Å². The molecule has 0 aliphatic carbocycles. The lowest BCUT2D eigenvalue weighted by atomic mass is 10.2. The molecule has 1 aliphatic rings. The quantitative estimate of drug-likeness (QED) is 0.665. The lowest BCUT2D eigenvalue weighted by molar-refractivity contribution is 0.280. The summed E-state index contributed by atoms with van der Waals surface area (Å²) in [7, 11) is -1.97. The topological polar surface area (TPSA) is 97.3 Å². The SMILES string of the molecule is COc1ccc(S(=O)(=O)N2CC(Nc3cc(-c4ccccn4)nc(C)n3)C2)cc1. The van der Waals surface area contributed by atoms with Crippen molar-refractivity contribution in [3.05, 3.63) is 60.6 Å². The Morgan fingerprint density at radius 1 is 1.07 bits per heavy atom. The van der Waals surface area contributed by atoms with E-state index in [1.54, 1.807) is 37.6 Å². The molecule has 0 atom stereocenters. The summed E-state index contributed by atoms with van der Waals surface area (Å²) >= 11 is 0. The normalized spacial score (nSPS) is 15.0. The molecule has 3 heterocycles. The molecule has 9 heteroatoms. The number of sulfonamides is 1. The van der Waals surface area contributed by atoms with Crippen LogP contribution in [0.1, 0.15) is 5.82 Å². The van der Waals surface area contributed by atoms with Gasteiger partial charge in [-0.3, -0.25) is 4.98 Å². The summed E-state index contributed by atoms with van der Waals surface area (Å²) in [6.45, 7) is 2.56. The van der Waals surface area contributed by atoms with E-state index in [2.05, 4.69) is 20.3 Å². The van der Waals surface area contributed by atoms with Crippen molar-refractivity contribution in [2.24, 2.45) is 0 Å². The van der Waals surface area contributed by atoms with Crippen molar-refractivity contribution < 1.29 is 13.2 Å². The van der Waals surface area contributed by atoms with E-state index in [9.17, 15) is 8.42 Å². The van der Waals surface area contributed by atoms with Crippen LogP contribution in [0.2, 0.25) is 0 Å². The number of ether oxygens (including phenoxy) is 1. The van der Waals surface area contributed by atoms with Crippen LogP contribution in [0, 0.1) is 6.92 Å². The lowest BCUT2D eigenvalue weighted by Crippen LogP contribution is -2.56. The minimum Gasteiger partial charge on any atom is -0.497 e. The molecule has 29 heavy (non-hydrogen) atoms. The summed E-state index contributed by atoms with van der Waals surface area (Å²) in [5.74, 6) is 1.90. The van der Waals surface area contributed by atoms with Crippen LogP contribution in [0.15, 0.2) is 59.6 Å². The number of nitrogens with one attached hydrogen (secondary N) is 1. The number of aromatic nitrogens is 3. The van der Waals surface area contributed by atoms with Crippen LogP contribution in [-0.2, 0) is 10.0 Å². The van der Waals surface area contributed by atoms with E-state index in [4.69, 9.17) is 4.74 Å². The first-order valence-corrected chi connectivity index (χ1v) is 10.6. The second kappa shape index (κ2) is 7.76. The summed E-state index contributed by atoms with van der Waals surface area (Å²) in [6.07, 6.45) is 1.72. The molecular formula is C20H21N5O3S. The first-order chi connectivity index (χ1) is 14.0. The van der Waals surface area contributed by atoms with Crippen LogP contribution in [0.5, 0.6) is 5.75 Å². The van der Waals surface area contributed by atoms with E-state index in [-0.39, 0.29) is 10.9 Å². The zero-order valence-electron chi connectivity index (χ0n) is 16.1. The number of benzene rings is 1. The predicted octanol–water partition coefficient (Wildman–Crippen LogP) is 2.34. The fraction of sp³-hybridized carbons (Fsp3) is 0.250. The Hall–Kier alpha value is -3.04. The molecule has 0 unspecified atom stereocenters. The standard InChI is InChI=1S/C20H21N5O3S/c1-14-22-19(18-5-3-4-10-21-18)11-20(23-14)24-15-12-25(13-15)29(26,27)17-8-6-16(28-2)7-9-17/h3-11,15H,12-13H2,1-2H3,(H,22,23,24).